The number of rotatable bonds is 40. The van der Waals surface area contributed by atoms with Gasteiger partial charge in [0.25, 0.3) is 27.8 Å². The molecule has 5 aromatic heterocycles. The van der Waals surface area contributed by atoms with Crippen molar-refractivity contribution >= 4 is 113 Å². The molecule has 0 spiro atoms. The van der Waals surface area contributed by atoms with Crippen molar-refractivity contribution in [1.82, 2.24) is 73.9 Å². The number of nitrogens with zero attached hydrogens (tertiary/aromatic N) is 6. The third-order valence-corrected chi connectivity index (χ3v) is 30.4. The molecule has 1 amide bonds. The van der Waals surface area contributed by atoms with Crippen LogP contribution in [0, 0.1) is 4.77 Å². The predicted molar refractivity (Wildman–Crippen MR) is 555 cm³/mol. The number of carbonyl (C=O) groups is 6. The maximum absolute atomic E-state index is 13.2. The number of esters is 1. The summed E-state index contributed by atoms with van der Waals surface area (Å²) in [4.78, 5) is 189. The molecule has 0 aromatic carbocycles. The highest BCUT2D eigenvalue weighted by Gasteiger charge is 2.50. The molecule has 0 aliphatic carbocycles. The summed E-state index contributed by atoms with van der Waals surface area (Å²) in [5.74, 6) is -3.85. The summed E-state index contributed by atoms with van der Waals surface area (Å²) in [5.41, 5.74) is -7.06. The summed E-state index contributed by atoms with van der Waals surface area (Å²) in [7, 11) is 0. The maximum Gasteiger partial charge on any atom is 0.471 e. The van der Waals surface area contributed by atoms with Crippen LogP contribution in [0.4, 0.5) is 13.2 Å². The minimum Gasteiger partial charge on any atom is -0.459 e. The lowest BCUT2D eigenvalue weighted by Crippen LogP contribution is -2.46. The Morgan fingerprint density at radius 1 is 0.372 bits per heavy atom. The number of Topliss-reactive ketones (excluding diaryl/α,β-unsaturated/α-hetero) is 4. The molecule has 46 nitrogen and oxygen atoms in total. The van der Waals surface area contributed by atoms with Gasteiger partial charge in [0.15, 0.2) is 35.9 Å². The van der Waals surface area contributed by atoms with Crippen LogP contribution in [0.3, 0.4) is 0 Å². The number of alkyl halides is 3. The fourth-order valence-electron chi connectivity index (χ4n) is 15.2. The first-order valence-electron chi connectivity index (χ1n) is 46.2. The highest BCUT2D eigenvalue weighted by Crippen LogP contribution is 2.45. The Labute approximate surface area is 839 Å². The summed E-state index contributed by atoms with van der Waals surface area (Å²) in [5, 5.41) is 115. The molecule has 0 bridgehead atoms. The van der Waals surface area contributed by atoms with E-state index in [1.165, 1.54) is 77.8 Å². The number of amides is 1. The van der Waals surface area contributed by atoms with Gasteiger partial charge in [-0.3, -0.25) is 100 Å². The van der Waals surface area contributed by atoms with Crippen LogP contribution in [0.15, 0.2) is 74.1 Å². The molecule has 5 saturated heterocycles. The van der Waals surface area contributed by atoms with Crippen LogP contribution in [0.25, 0.3) is 0 Å². The number of aliphatic hydroxyl groups excluding tert-OH is 10. The predicted octanol–water partition coefficient (Wildman–Crippen LogP) is -2.41. The molecule has 20 atom stereocenters. The minimum atomic E-state index is -5.37. The molecular weight excluding hydrogens is 2030 g/mol. The summed E-state index contributed by atoms with van der Waals surface area (Å²) in [6.45, 7) is 22.5. The molecular formula is C90H145F3N15O31P5S. The highest BCUT2D eigenvalue weighted by atomic mass is 32.1. The van der Waals surface area contributed by atoms with Crippen LogP contribution < -0.4 is 71.8 Å². The SMILES string of the molecule is C=P(C)(C)CC[C@H]1O[C@@H](n2cc(CN(CC(=O)OC(C)(C)C)C(=O)C(F)(F)F)c(=O)[nH]c2=O)[C@H](O)[C@@H]1O.C=P(C)(C)CC[C@H]1O[C@@H](n2cc(CNCC(C)=O)c(=O)[nH]c2=O)[C@H](O)[C@@H]1O.C=P(C)(C)CC[C@H]1O[C@@H](n2cc(CNCC(C)=O)c(=O)[nH]c2=O)[C@H](O)[C@@H]1O.C=P(C)(C)CC[C@H]1O[C@@H](n2cc(CNCC(C)=O)c(=O)[nH]c2=O)[C@H](O)[C@@H]1O.C=P(C)(C)CC[C@H]1O[C@@H](n2cc(CNCC(C)=O)c(=O)[nH]c2=S)[C@H](O)[C@@H]1O. The standard InChI is InChI=1S/C22H33F3N3O8P.3C17H28N3O6P.C17H28N3O5PS/c1-21(2,3)36-14(29)11-27(19(33)22(23,24)25)9-12-10-28(20(34)26-17(12)32)18-16(31)15(30)13(35-18)7-8-37(4,5)6;3*1-10(21)7-18-8-11-9-20(17(25)19-15(11)24)16-14(23)13(22)12(26-16)5-6-27(2,3)4;1-10(21)7-18-8-11-9-20(17(27)19-15(11)24)16-14(23)13(22)12(25-16)5-6-26(2,3)4/h10,13,15-16,18,30-31H,4,7-9,11H2,1-3,5-6H3,(H,26,32,34);3*9,12-14,16,18,22-23H,2,5-8H2,1,3-4H3,(H,19,24,25);9,12-14,16,18,22-23H,2,5-8H2,1,3-4H3,(H,19,24,27)/t13-,15-,16-,18-;4*12-,13-,14-,16-/m11111/s1. The van der Waals surface area contributed by atoms with Gasteiger partial charge in [-0.05, 0) is 190 Å². The highest BCUT2D eigenvalue weighted by molar-refractivity contribution is 7.73. The summed E-state index contributed by atoms with van der Waals surface area (Å²) >= 11 is 5.20. The smallest absolute Gasteiger partial charge is 0.459 e. The van der Waals surface area contributed by atoms with Gasteiger partial charge in [-0.1, -0.05) is 0 Å². The van der Waals surface area contributed by atoms with Gasteiger partial charge in [-0.25, -0.2) is 19.2 Å². The summed E-state index contributed by atoms with van der Waals surface area (Å²) < 4.78 is 78.9. The zero-order chi connectivity index (χ0) is 110. The number of aliphatic hydroxyl groups is 10. The Balaban J connectivity index is 0.000000279. The third kappa shape index (κ3) is 39.4. The van der Waals surface area contributed by atoms with Crippen molar-refractivity contribution in [2.75, 3.05) is 130 Å². The molecule has 5 fully saturated rings. The normalized spacial score (nSPS) is 24.9. The second-order valence-electron chi connectivity index (χ2n) is 41.0. The number of hydrogen-bond donors (Lipinski definition) is 19. The fourth-order valence-corrected chi connectivity index (χ4v) is 20.2. The lowest BCUT2D eigenvalue weighted by molar-refractivity contribution is -0.188. The van der Waals surface area contributed by atoms with Gasteiger partial charge in [-0.15, -0.1) is 65.9 Å². The number of aromatic nitrogens is 10. The van der Waals surface area contributed by atoms with Gasteiger partial charge in [-0.2, -0.15) is 13.2 Å². The molecule has 5 aliphatic rings. The van der Waals surface area contributed by atoms with Crippen LogP contribution in [-0.4, -0.2) is 404 Å². The van der Waals surface area contributed by atoms with Crippen molar-refractivity contribution in [3.8, 4) is 0 Å². The summed E-state index contributed by atoms with van der Waals surface area (Å²) in [6.07, 6.45) is 6.14. The number of hydrogen-bond acceptors (Lipinski definition) is 36. The van der Waals surface area contributed by atoms with Crippen LogP contribution in [-0.2, 0) is 89.9 Å². The maximum atomic E-state index is 13.2. The van der Waals surface area contributed by atoms with Crippen LogP contribution in [0.2, 0.25) is 0 Å². The first-order chi connectivity index (χ1) is 66.7. The van der Waals surface area contributed by atoms with Gasteiger partial charge in [0.1, 0.15) is 96.3 Å². The number of aromatic amines is 5. The van der Waals surface area contributed by atoms with Crippen molar-refractivity contribution in [2.45, 2.75) is 248 Å². The lowest BCUT2D eigenvalue weighted by atomic mass is 10.1. The van der Waals surface area contributed by atoms with Gasteiger partial charge in [0.2, 0.25) is 0 Å². The molecule has 10 rings (SSSR count). The topological polar surface area (TPSA) is 669 Å². The number of carbonyl (C=O) groups excluding carboxylic acids is 6. The van der Waals surface area contributed by atoms with Crippen LogP contribution in [0.5, 0.6) is 0 Å². The Kier molecular flexibility index (Phi) is 46.4. The second-order valence-corrected chi connectivity index (χ2v) is 63.0. The van der Waals surface area contributed by atoms with Crippen LogP contribution >= 0.6 is 46.6 Å². The number of H-pyrrole nitrogens is 5. The Morgan fingerprint density at radius 2 is 0.579 bits per heavy atom. The van der Waals surface area contributed by atoms with E-state index in [9.17, 15) is 136 Å². The van der Waals surface area contributed by atoms with E-state index in [0.29, 0.717) is 43.8 Å². The van der Waals surface area contributed by atoms with E-state index in [-0.39, 0.29) is 107 Å². The third-order valence-electron chi connectivity index (χ3n) is 22.7. The Morgan fingerprint density at radius 3 is 0.793 bits per heavy atom. The molecule has 5 aliphatic heterocycles. The molecule has 0 unspecified atom stereocenters. The average molecular weight is 2180 g/mol. The molecule has 5 aromatic rings. The zero-order valence-corrected chi connectivity index (χ0v) is 89.9. The Hall–Kier alpha value is -8.03. The molecule has 0 saturated carbocycles. The fraction of sp³-hybridized carbons (Fsp3) is 0.656. The van der Waals surface area contributed by atoms with E-state index in [0.717, 1.165) is 49.1 Å². The van der Waals surface area contributed by atoms with Crippen LogP contribution in [0.1, 0.15) is 140 Å². The lowest BCUT2D eigenvalue weighted by Gasteiger charge is -2.26. The molecule has 818 valence electrons. The zero-order valence-electron chi connectivity index (χ0n) is 84.6. The van der Waals surface area contributed by atoms with Crippen molar-refractivity contribution in [2.24, 2.45) is 0 Å². The number of halogens is 3. The van der Waals surface area contributed by atoms with E-state index >= 15 is 0 Å². The monoisotopic (exact) mass is 2180 g/mol. The minimum absolute atomic E-state index is 0.0455. The first-order valence-corrected chi connectivity index (χ1v) is 61.9. The quantitative estimate of drug-likeness (QED) is 0.0110. The van der Waals surface area contributed by atoms with Gasteiger partial charge < -0.3 is 106 Å². The van der Waals surface area contributed by atoms with Crippen molar-refractivity contribution in [3.05, 3.63) is 157 Å². The van der Waals surface area contributed by atoms with E-state index < -0.39 is 244 Å². The first kappa shape index (κ1) is 126. The van der Waals surface area contributed by atoms with Gasteiger partial charge in [0.05, 0.1) is 68.8 Å². The molecule has 10 heterocycles. The molecule has 19 N–H and O–H groups in total. The Bertz CT molecular complexity index is 5700. The number of ether oxygens (including phenoxy) is 6. The average Bonchev–Trinajstić information content (AvgIpc) is 1.69. The molecule has 55 heteroatoms. The van der Waals surface area contributed by atoms with E-state index in [4.69, 9.17) is 40.6 Å². The van der Waals surface area contributed by atoms with E-state index in [1.807, 2.05) is 18.3 Å². The van der Waals surface area contributed by atoms with Crippen molar-refractivity contribution < 1.29 is 121 Å². The van der Waals surface area contributed by atoms with E-state index in [2.05, 4.69) is 126 Å². The van der Waals surface area contributed by atoms with Gasteiger partial charge >= 0.3 is 40.8 Å². The second kappa shape index (κ2) is 53.6. The molecule has 145 heavy (non-hydrogen) atoms. The number of ketones is 4. The van der Waals surface area contributed by atoms with Crippen molar-refractivity contribution in [1.29, 1.82) is 0 Å². The van der Waals surface area contributed by atoms with E-state index in [1.54, 1.807) is 0 Å². The van der Waals surface area contributed by atoms with Gasteiger partial charge in [0, 0.05) is 79.4 Å². The van der Waals surface area contributed by atoms with Crippen molar-refractivity contribution in [3.63, 3.8) is 0 Å². The summed E-state index contributed by atoms with van der Waals surface area (Å²) in [6, 6.07) is 0. The largest absolute Gasteiger partial charge is 0.471 e. The number of nitrogens with one attached hydrogen (secondary N) is 9. The molecule has 0 radical (unpaired) electrons.